The van der Waals surface area contributed by atoms with Gasteiger partial charge in [0, 0.05) is 6.61 Å². The van der Waals surface area contributed by atoms with Crippen molar-refractivity contribution in [3.8, 4) is 0 Å². The molecule has 1 saturated carbocycles. The van der Waals surface area contributed by atoms with Crippen LogP contribution in [0.2, 0.25) is 0 Å². The zero-order valence-electron chi connectivity index (χ0n) is 4.74. The third-order valence-electron chi connectivity index (χ3n) is 1.26. The van der Waals surface area contributed by atoms with Crippen molar-refractivity contribution in [3.05, 3.63) is 6.10 Å². The molecule has 1 radical (unpaired) electrons. The van der Waals surface area contributed by atoms with Crippen LogP contribution in [0.15, 0.2) is 0 Å². The normalized spacial score (nSPS) is 21.9. The van der Waals surface area contributed by atoms with Crippen LogP contribution >= 0.6 is 0 Å². The van der Waals surface area contributed by atoms with Crippen LogP contribution in [0.1, 0.15) is 26.2 Å². The zero-order chi connectivity index (χ0) is 5.11. The van der Waals surface area contributed by atoms with Crippen LogP contribution in [0.4, 0.5) is 0 Å². The summed E-state index contributed by atoms with van der Waals surface area (Å²) in [6.45, 7) is 2.89. The standard InChI is InChI=1S/C6H11O/c1-2-7-6-4-3-5-6/h2-5H2,1H3. The van der Waals surface area contributed by atoms with Crippen molar-refractivity contribution >= 4 is 0 Å². The quantitative estimate of drug-likeness (QED) is 0.512. The zero-order valence-corrected chi connectivity index (χ0v) is 4.74. The molecule has 0 bridgehead atoms. The molecule has 0 aromatic rings. The summed E-state index contributed by atoms with van der Waals surface area (Å²) in [7, 11) is 0. The van der Waals surface area contributed by atoms with Crippen LogP contribution in [0, 0.1) is 6.10 Å². The fourth-order valence-corrected chi connectivity index (χ4v) is 0.670. The molecule has 0 saturated heterocycles. The highest BCUT2D eigenvalue weighted by Gasteiger charge is 2.17. The van der Waals surface area contributed by atoms with E-state index in [4.69, 9.17) is 4.74 Å². The van der Waals surface area contributed by atoms with Crippen molar-refractivity contribution < 1.29 is 4.74 Å². The second-order valence-electron chi connectivity index (χ2n) is 1.83. The monoisotopic (exact) mass is 99.1 g/mol. The van der Waals surface area contributed by atoms with Gasteiger partial charge in [-0.25, -0.2) is 0 Å². The molecule has 0 heterocycles. The van der Waals surface area contributed by atoms with E-state index < -0.39 is 0 Å². The van der Waals surface area contributed by atoms with Crippen LogP contribution in [-0.4, -0.2) is 6.61 Å². The van der Waals surface area contributed by atoms with E-state index in [9.17, 15) is 0 Å². The fourth-order valence-electron chi connectivity index (χ4n) is 0.670. The van der Waals surface area contributed by atoms with Gasteiger partial charge in [-0.05, 0) is 26.2 Å². The lowest BCUT2D eigenvalue weighted by molar-refractivity contribution is 0.103. The SMILES string of the molecule is CCO[C]1CCC1. The topological polar surface area (TPSA) is 9.23 Å². The molecule has 0 spiro atoms. The van der Waals surface area contributed by atoms with Crippen LogP contribution in [0.25, 0.3) is 0 Å². The molecule has 0 unspecified atom stereocenters. The van der Waals surface area contributed by atoms with Crippen molar-refractivity contribution in [2.24, 2.45) is 0 Å². The molecule has 0 aromatic heterocycles. The van der Waals surface area contributed by atoms with Gasteiger partial charge < -0.3 is 4.74 Å². The van der Waals surface area contributed by atoms with Gasteiger partial charge in [0.25, 0.3) is 0 Å². The van der Waals surface area contributed by atoms with E-state index in [1.54, 1.807) is 0 Å². The maximum atomic E-state index is 5.19. The lowest BCUT2D eigenvalue weighted by Gasteiger charge is -2.22. The molecule has 0 aliphatic heterocycles. The Labute approximate surface area is 44.7 Å². The minimum Gasteiger partial charge on any atom is -0.372 e. The van der Waals surface area contributed by atoms with Gasteiger partial charge in [-0.2, -0.15) is 0 Å². The molecule has 41 valence electrons. The average molecular weight is 99.2 g/mol. The molecule has 0 N–H and O–H groups in total. The number of hydrogen-bond acceptors (Lipinski definition) is 1. The van der Waals surface area contributed by atoms with E-state index in [1.165, 1.54) is 25.4 Å². The number of hydrogen-bond donors (Lipinski definition) is 0. The Morgan fingerprint density at radius 3 is 2.43 bits per heavy atom. The van der Waals surface area contributed by atoms with Crippen molar-refractivity contribution in [2.45, 2.75) is 26.2 Å². The van der Waals surface area contributed by atoms with E-state index in [2.05, 4.69) is 0 Å². The predicted octanol–water partition coefficient (Wildman–Crippen LogP) is 1.74. The third-order valence-corrected chi connectivity index (χ3v) is 1.26. The molecule has 0 aromatic carbocycles. The van der Waals surface area contributed by atoms with E-state index >= 15 is 0 Å². The van der Waals surface area contributed by atoms with Crippen LogP contribution in [0.5, 0.6) is 0 Å². The van der Waals surface area contributed by atoms with Crippen LogP contribution in [0.3, 0.4) is 0 Å². The Morgan fingerprint density at radius 2 is 2.29 bits per heavy atom. The molecule has 1 heteroatoms. The highest BCUT2D eigenvalue weighted by molar-refractivity contribution is 4.87. The third kappa shape index (κ3) is 1.16. The smallest absolute Gasteiger partial charge is 0.0970 e. The molecule has 1 rings (SSSR count). The molecule has 7 heavy (non-hydrogen) atoms. The fraction of sp³-hybridized carbons (Fsp3) is 0.833. The molecular formula is C6H11O. The van der Waals surface area contributed by atoms with Crippen LogP contribution in [-0.2, 0) is 4.74 Å². The van der Waals surface area contributed by atoms with Crippen molar-refractivity contribution in [1.82, 2.24) is 0 Å². The van der Waals surface area contributed by atoms with E-state index in [0.717, 1.165) is 6.61 Å². The maximum Gasteiger partial charge on any atom is 0.0970 e. The summed E-state index contributed by atoms with van der Waals surface area (Å²) < 4.78 is 5.19. The number of ether oxygens (including phenoxy) is 1. The van der Waals surface area contributed by atoms with E-state index in [-0.39, 0.29) is 0 Å². The minimum absolute atomic E-state index is 0.856. The first-order chi connectivity index (χ1) is 3.43. The lowest BCUT2D eigenvalue weighted by atomic mass is 9.96. The molecule has 1 fully saturated rings. The lowest BCUT2D eigenvalue weighted by Crippen LogP contribution is -2.11. The molecule has 1 nitrogen and oxygen atoms in total. The van der Waals surface area contributed by atoms with Gasteiger partial charge in [0.1, 0.15) is 0 Å². The number of rotatable bonds is 2. The van der Waals surface area contributed by atoms with Gasteiger partial charge in [0.15, 0.2) is 0 Å². The summed E-state index contributed by atoms with van der Waals surface area (Å²) in [6.07, 6.45) is 5.08. The second kappa shape index (κ2) is 2.31. The average Bonchev–Trinajstić information content (AvgIpc) is 1.55. The first-order valence-corrected chi connectivity index (χ1v) is 2.91. The Morgan fingerprint density at radius 1 is 1.57 bits per heavy atom. The summed E-state index contributed by atoms with van der Waals surface area (Å²) in [5, 5.41) is 0. The largest absolute Gasteiger partial charge is 0.372 e. The highest BCUT2D eigenvalue weighted by atomic mass is 16.5. The van der Waals surface area contributed by atoms with Crippen molar-refractivity contribution in [3.63, 3.8) is 0 Å². The van der Waals surface area contributed by atoms with E-state index in [0.29, 0.717) is 0 Å². The first-order valence-electron chi connectivity index (χ1n) is 2.91. The summed E-state index contributed by atoms with van der Waals surface area (Å²) >= 11 is 0. The maximum absolute atomic E-state index is 5.19. The van der Waals surface area contributed by atoms with Crippen LogP contribution < -0.4 is 0 Å². The minimum atomic E-state index is 0.856. The molecule has 1 aliphatic carbocycles. The first kappa shape index (κ1) is 5.10. The highest BCUT2D eigenvalue weighted by Crippen LogP contribution is 2.29. The van der Waals surface area contributed by atoms with Crippen molar-refractivity contribution in [1.29, 1.82) is 0 Å². The predicted molar refractivity (Wildman–Crippen MR) is 28.7 cm³/mol. The molecular weight excluding hydrogens is 88.1 g/mol. The van der Waals surface area contributed by atoms with Gasteiger partial charge in [-0.3, -0.25) is 0 Å². The second-order valence-corrected chi connectivity index (χ2v) is 1.83. The molecule has 0 atom stereocenters. The molecule has 1 aliphatic rings. The summed E-state index contributed by atoms with van der Waals surface area (Å²) in [5.74, 6) is 0. The Kier molecular flexibility index (Phi) is 1.69. The van der Waals surface area contributed by atoms with Gasteiger partial charge in [0.05, 0.1) is 6.10 Å². The summed E-state index contributed by atoms with van der Waals surface area (Å²) in [6, 6.07) is 0. The van der Waals surface area contributed by atoms with Gasteiger partial charge in [0.2, 0.25) is 0 Å². The van der Waals surface area contributed by atoms with Gasteiger partial charge >= 0.3 is 0 Å². The molecule has 0 amide bonds. The Hall–Kier alpha value is -0.0400. The van der Waals surface area contributed by atoms with E-state index in [1.807, 2.05) is 6.92 Å². The van der Waals surface area contributed by atoms with Gasteiger partial charge in [-0.1, -0.05) is 0 Å². The van der Waals surface area contributed by atoms with Crippen molar-refractivity contribution in [2.75, 3.05) is 6.61 Å². The Bertz CT molecular complexity index is 48.1. The summed E-state index contributed by atoms with van der Waals surface area (Å²) in [4.78, 5) is 0. The van der Waals surface area contributed by atoms with Gasteiger partial charge in [-0.15, -0.1) is 0 Å². The summed E-state index contributed by atoms with van der Waals surface area (Å²) in [5.41, 5.74) is 0. The Balaban J connectivity index is 1.93.